The molecule has 0 aliphatic heterocycles. The van der Waals surface area contributed by atoms with E-state index in [9.17, 15) is 13.2 Å². The topological polar surface area (TPSA) is 33.6 Å². The van der Waals surface area contributed by atoms with Crippen molar-refractivity contribution in [3.63, 3.8) is 0 Å². The Hall–Kier alpha value is -2.41. The number of benzene rings is 2. The molecule has 1 heterocycles. The van der Waals surface area contributed by atoms with Crippen molar-refractivity contribution in [3.05, 3.63) is 64.7 Å². The molecule has 0 saturated heterocycles. The Morgan fingerprint density at radius 1 is 1.00 bits per heavy atom. The summed E-state index contributed by atoms with van der Waals surface area (Å²) in [6, 6.07) is 10.7. The third kappa shape index (κ3) is 2.36. The first-order chi connectivity index (χ1) is 10.1. The Morgan fingerprint density at radius 2 is 1.62 bits per heavy atom. The number of H-pyrrole nitrogens is 1. The fraction of sp³-hybridized carbons (Fsp3) is 0. The standard InChI is InChI=1S/C14H8F3N3S/c15-10-6-8(7-11(16)12(10)17)13-18-19-14(21)20(13)9-4-2-1-3-5-9/h1-7H,(H,19,21). The quantitative estimate of drug-likeness (QED) is 0.573. The van der Waals surface area contributed by atoms with E-state index in [2.05, 4.69) is 10.2 Å². The van der Waals surface area contributed by atoms with Crippen molar-refractivity contribution in [3.8, 4) is 17.1 Å². The molecule has 0 spiro atoms. The molecule has 0 aliphatic carbocycles. The lowest BCUT2D eigenvalue weighted by Crippen LogP contribution is -1.99. The molecule has 0 fully saturated rings. The molecule has 0 radical (unpaired) electrons. The van der Waals surface area contributed by atoms with Gasteiger partial charge in [-0.1, -0.05) is 18.2 Å². The van der Waals surface area contributed by atoms with Gasteiger partial charge in [0.1, 0.15) is 0 Å². The number of aromatic amines is 1. The molecule has 1 aromatic heterocycles. The highest BCUT2D eigenvalue weighted by atomic mass is 32.1. The Bertz CT molecular complexity index is 832. The van der Waals surface area contributed by atoms with Crippen LogP contribution >= 0.6 is 12.2 Å². The van der Waals surface area contributed by atoms with Crippen LogP contribution in [0.15, 0.2) is 42.5 Å². The molecule has 3 aromatic rings. The van der Waals surface area contributed by atoms with E-state index in [1.807, 2.05) is 6.07 Å². The minimum atomic E-state index is -1.51. The lowest BCUT2D eigenvalue weighted by molar-refractivity contribution is 0.447. The molecule has 0 saturated carbocycles. The number of hydrogen-bond donors (Lipinski definition) is 1. The molecule has 106 valence electrons. The van der Waals surface area contributed by atoms with Crippen molar-refractivity contribution in [2.24, 2.45) is 0 Å². The second kappa shape index (κ2) is 5.17. The molecule has 3 nitrogen and oxygen atoms in total. The van der Waals surface area contributed by atoms with Crippen molar-refractivity contribution in [1.82, 2.24) is 14.8 Å². The monoisotopic (exact) mass is 307 g/mol. The highest BCUT2D eigenvalue weighted by molar-refractivity contribution is 7.71. The average Bonchev–Trinajstić information content (AvgIpc) is 2.87. The molecule has 21 heavy (non-hydrogen) atoms. The summed E-state index contributed by atoms with van der Waals surface area (Å²) >= 11 is 5.13. The first-order valence-corrected chi connectivity index (χ1v) is 6.36. The van der Waals surface area contributed by atoms with E-state index in [-0.39, 0.29) is 16.2 Å². The number of halogens is 3. The number of hydrogen-bond acceptors (Lipinski definition) is 2. The molecule has 0 unspecified atom stereocenters. The zero-order valence-corrected chi connectivity index (χ0v) is 11.3. The lowest BCUT2D eigenvalue weighted by atomic mass is 10.2. The SMILES string of the molecule is Fc1cc(-c2n[nH]c(=S)n2-c2ccccc2)cc(F)c1F. The summed E-state index contributed by atoms with van der Waals surface area (Å²) in [5, 5.41) is 6.53. The highest BCUT2D eigenvalue weighted by Crippen LogP contribution is 2.24. The Morgan fingerprint density at radius 3 is 2.24 bits per heavy atom. The van der Waals surface area contributed by atoms with Gasteiger partial charge in [-0.15, -0.1) is 0 Å². The predicted octanol–water partition coefficient (Wildman–Crippen LogP) is 4.01. The average molecular weight is 307 g/mol. The predicted molar refractivity (Wildman–Crippen MR) is 74.1 cm³/mol. The van der Waals surface area contributed by atoms with Crippen molar-refractivity contribution < 1.29 is 13.2 Å². The van der Waals surface area contributed by atoms with Gasteiger partial charge in [-0.05, 0) is 36.5 Å². The molecule has 0 atom stereocenters. The molecule has 0 amide bonds. The van der Waals surface area contributed by atoms with E-state index in [1.54, 1.807) is 24.3 Å². The van der Waals surface area contributed by atoms with Gasteiger partial charge in [0.15, 0.2) is 28.0 Å². The van der Waals surface area contributed by atoms with Crippen LogP contribution in [0.4, 0.5) is 13.2 Å². The maximum atomic E-state index is 13.4. The van der Waals surface area contributed by atoms with Crippen LogP contribution in [-0.2, 0) is 0 Å². The minimum Gasteiger partial charge on any atom is -0.268 e. The lowest BCUT2D eigenvalue weighted by Gasteiger charge is -2.07. The number of para-hydroxylation sites is 1. The summed E-state index contributed by atoms with van der Waals surface area (Å²) in [6.45, 7) is 0. The molecule has 0 bridgehead atoms. The second-order valence-electron chi connectivity index (χ2n) is 4.28. The molecule has 0 aliphatic rings. The third-order valence-electron chi connectivity index (χ3n) is 2.93. The van der Waals surface area contributed by atoms with Crippen LogP contribution in [0.1, 0.15) is 0 Å². The highest BCUT2D eigenvalue weighted by Gasteiger charge is 2.16. The zero-order valence-electron chi connectivity index (χ0n) is 10.5. The maximum absolute atomic E-state index is 13.4. The Kier molecular flexibility index (Phi) is 3.34. The van der Waals surface area contributed by atoms with Gasteiger partial charge in [0, 0.05) is 11.3 Å². The van der Waals surface area contributed by atoms with Crippen LogP contribution in [0.3, 0.4) is 0 Å². The maximum Gasteiger partial charge on any atom is 0.200 e. The molecule has 7 heteroatoms. The van der Waals surface area contributed by atoms with Crippen molar-refractivity contribution in [2.45, 2.75) is 0 Å². The van der Waals surface area contributed by atoms with Gasteiger partial charge in [0.2, 0.25) is 0 Å². The van der Waals surface area contributed by atoms with Crippen molar-refractivity contribution >= 4 is 12.2 Å². The van der Waals surface area contributed by atoms with Gasteiger partial charge < -0.3 is 0 Å². The summed E-state index contributed by atoms with van der Waals surface area (Å²) in [5.74, 6) is -3.87. The van der Waals surface area contributed by atoms with Gasteiger partial charge in [-0.25, -0.2) is 13.2 Å². The number of rotatable bonds is 2. The number of nitrogens with zero attached hydrogens (tertiary/aromatic N) is 2. The minimum absolute atomic E-state index is 0.0857. The zero-order chi connectivity index (χ0) is 15.0. The molecular weight excluding hydrogens is 299 g/mol. The first kappa shape index (κ1) is 13.6. The van der Waals surface area contributed by atoms with Crippen LogP contribution in [-0.4, -0.2) is 14.8 Å². The van der Waals surface area contributed by atoms with Crippen LogP contribution in [0, 0.1) is 22.2 Å². The van der Waals surface area contributed by atoms with E-state index in [4.69, 9.17) is 12.2 Å². The third-order valence-corrected chi connectivity index (χ3v) is 3.20. The summed E-state index contributed by atoms with van der Waals surface area (Å²) in [4.78, 5) is 0. The van der Waals surface area contributed by atoms with Gasteiger partial charge in [0.05, 0.1) is 0 Å². The van der Waals surface area contributed by atoms with Crippen LogP contribution < -0.4 is 0 Å². The fourth-order valence-electron chi connectivity index (χ4n) is 1.99. The molecule has 2 aromatic carbocycles. The van der Waals surface area contributed by atoms with Gasteiger partial charge >= 0.3 is 0 Å². The van der Waals surface area contributed by atoms with E-state index in [1.165, 1.54) is 4.57 Å². The van der Waals surface area contributed by atoms with Gasteiger partial charge in [0.25, 0.3) is 0 Å². The molecule has 1 N–H and O–H groups in total. The fourth-order valence-corrected chi connectivity index (χ4v) is 2.23. The van der Waals surface area contributed by atoms with E-state index < -0.39 is 17.5 Å². The molecular formula is C14H8F3N3S. The Labute approximate surface area is 122 Å². The summed E-state index contributed by atoms with van der Waals surface area (Å²) in [7, 11) is 0. The molecule has 3 rings (SSSR count). The van der Waals surface area contributed by atoms with Crippen LogP contribution in [0.2, 0.25) is 0 Å². The van der Waals surface area contributed by atoms with Gasteiger partial charge in [-0.2, -0.15) is 5.10 Å². The Balaban J connectivity index is 2.24. The smallest absolute Gasteiger partial charge is 0.200 e. The second-order valence-corrected chi connectivity index (χ2v) is 4.66. The summed E-state index contributed by atoms with van der Waals surface area (Å²) < 4.78 is 41.6. The summed E-state index contributed by atoms with van der Waals surface area (Å²) in [6.07, 6.45) is 0. The van der Waals surface area contributed by atoms with Crippen molar-refractivity contribution in [2.75, 3.05) is 0 Å². The summed E-state index contributed by atoms with van der Waals surface area (Å²) in [5.41, 5.74) is 0.763. The van der Waals surface area contributed by atoms with Gasteiger partial charge in [-0.3, -0.25) is 9.67 Å². The van der Waals surface area contributed by atoms with Crippen molar-refractivity contribution in [1.29, 1.82) is 0 Å². The van der Waals surface area contributed by atoms with E-state index in [0.717, 1.165) is 12.1 Å². The largest absolute Gasteiger partial charge is 0.268 e. The van der Waals surface area contributed by atoms with E-state index >= 15 is 0 Å². The van der Waals surface area contributed by atoms with Crippen LogP contribution in [0.25, 0.3) is 17.1 Å². The normalized spacial score (nSPS) is 10.8. The van der Waals surface area contributed by atoms with E-state index in [0.29, 0.717) is 5.69 Å². The number of aromatic nitrogens is 3. The first-order valence-electron chi connectivity index (χ1n) is 5.95. The van der Waals surface area contributed by atoms with Crippen LogP contribution in [0.5, 0.6) is 0 Å². The number of nitrogens with one attached hydrogen (secondary N) is 1.